The second-order valence-corrected chi connectivity index (χ2v) is 5.02. The number of rotatable bonds is 5. The summed E-state index contributed by atoms with van der Waals surface area (Å²) in [6, 6.07) is 0. The maximum Gasteiger partial charge on any atom is 0.503 e. The standard InChI is InChI=1S/C9H20O2Si/c1-5-7(3)8(4)9(6-2)12(10)11/h7-10H,5-6H2,1-4H3. The second kappa shape index (κ2) is 5.46. The molecule has 2 nitrogen and oxygen atoms in total. The summed E-state index contributed by atoms with van der Waals surface area (Å²) in [6.45, 7) is 8.35. The van der Waals surface area contributed by atoms with Gasteiger partial charge in [0, 0.05) is 5.54 Å². The minimum atomic E-state index is -2.33. The van der Waals surface area contributed by atoms with Crippen LogP contribution in [0.5, 0.6) is 0 Å². The first-order valence-corrected chi connectivity index (χ1v) is 6.20. The lowest BCUT2D eigenvalue weighted by molar-refractivity contribution is 0.313. The average molecular weight is 188 g/mol. The molecule has 0 saturated carbocycles. The first-order valence-electron chi connectivity index (χ1n) is 4.77. The fraction of sp³-hybridized carbons (Fsp3) is 1.00. The molecule has 0 amide bonds. The molecule has 0 spiro atoms. The molecule has 0 heterocycles. The Kier molecular flexibility index (Phi) is 5.38. The quantitative estimate of drug-likeness (QED) is 0.672. The second-order valence-electron chi connectivity index (χ2n) is 3.60. The summed E-state index contributed by atoms with van der Waals surface area (Å²) in [5.41, 5.74) is 0.0185. The molecule has 0 rings (SSSR count). The van der Waals surface area contributed by atoms with Crippen LogP contribution < -0.4 is 0 Å². The van der Waals surface area contributed by atoms with E-state index in [9.17, 15) is 4.46 Å². The predicted octanol–water partition coefficient (Wildman–Crippen LogP) is 2.36. The van der Waals surface area contributed by atoms with E-state index in [1.165, 1.54) is 0 Å². The SMILES string of the molecule is CCC(C)C(C)C(CC)[Si](=O)O. The first kappa shape index (κ1) is 11.8. The minimum absolute atomic E-state index is 0.0185. The van der Waals surface area contributed by atoms with Gasteiger partial charge in [0.1, 0.15) is 0 Å². The van der Waals surface area contributed by atoms with Gasteiger partial charge in [0.2, 0.25) is 0 Å². The Morgan fingerprint density at radius 2 is 1.75 bits per heavy atom. The zero-order chi connectivity index (χ0) is 9.72. The van der Waals surface area contributed by atoms with Crippen molar-refractivity contribution in [2.24, 2.45) is 11.8 Å². The highest BCUT2D eigenvalue weighted by Gasteiger charge is 2.28. The van der Waals surface area contributed by atoms with Crippen molar-refractivity contribution in [1.29, 1.82) is 0 Å². The van der Waals surface area contributed by atoms with Crippen molar-refractivity contribution in [2.75, 3.05) is 0 Å². The zero-order valence-corrected chi connectivity index (χ0v) is 9.50. The molecule has 0 aromatic carbocycles. The highest BCUT2D eigenvalue weighted by molar-refractivity contribution is 6.35. The third-order valence-electron chi connectivity index (χ3n) is 2.93. The molecule has 3 unspecified atom stereocenters. The Morgan fingerprint density at radius 3 is 2.00 bits per heavy atom. The molecular weight excluding hydrogens is 168 g/mol. The molecule has 1 N–H and O–H groups in total. The lowest BCUT2D eigenvalue weighted by atomic mass is 9.89. The van der Waals surface area contributed by atoms with Crippen LogP contribution in [0.2, 0.25) is 5.54 Å². The molecule has 72 valence electrons. The van der Waals surface area contributed by atoms with Crippen LogP contribution in [0.1, 0.15) is 40.5 Å². The molecule has 0 bridgehead atoms. The molecule has 3 heteroatoms. The smallest absolute Gasteiger partial charge is 0.503 e. The van der Waals surface area contributed by atoms with Gasteiger partial charge < -0.3 is 9.26 Å². The highest BCUT2D eigenvalue weighted by Crippen LogP contribution is 2.29. The van der Waals surface area contributed by atoms with Crippen molar-refractivity contribution in [3.63, 3.8) is 0 Å². The summed E-state index contributed by atoms with van der Waals surface area (Å²) in [4.78, 5) is 9.07. The number of hydrogen-bond donors (Lipinski definition) is 1. The minimum Gasteiger partial charge on any atom is -0.539 e. The van der Waals surface area contributed by atoms with Gasteiger partial charge >= 0.3 is 8.93 Å². The Balaban J connectivity index is 4.20. The van der Waals surface area contributed by atoms with Crippen LogP contribution in [0.3, 0.4) is 0 Å². The molecule has 0 aliphatic heterocycles. The highest BCUT2D eigenvalue weighted by atomic mass is 28.3. The van der Waals surface area contributed by atoms with Crippen molar-refractivity contribution < 1.29 is 9.26 Å². The summed E-state index contributed by atoms with van der Waals surface area (Å²) in [7, 11) is -2.33. The molecular formula is C9H20O2Si. The van der Waals surface area contributed by atoms with Gasteiger partial charge in [-0.3, -0.25) is 0 Å². The Labute approximate surface area is 76.8 Å². The maximum absolute atomic E-state index is 11.0. The first-order chi connectivity index (χ1) is 5.54. The lowest BCUT2D eigenvalue weighted by Gasteiger charge is -2.23. The Bertz CT molecular complexity index is 147. The largest absolute Gasteiger partial charge is 0.539 e. The van der Waals surface area contributed by atoms with Crippen LogP contribution in [-0.4, -0.2) is 13.7 Å². The monoisotopic (exact) mass is 188 g/mol. The van der Waals surface area contributed by atoms with E-state index in [4.69, 9.17) is 4.80 Å². The van der Waals surface area contributed by atoms with Crippen LogP contribution in [0.25, 0.3) is 0 Å². The van der Waals surface area contributed by atoms with Crippen LogP contribution in [0.4, 0.5) is 0 Å². The van der Waals surface area contributed by atoms with E-state index in [0.29, 0.717) is 11.8 Å². The van der Waals surface area contributed by atoms with Crippen molar-refractivity contribution in [3.05, 3.63) is 0 Å². The van der Waals surface area contributed by atoms with E-state index < -0.39 is 8.93 Å². The fourth-order valence-electron chi connectivity index (χ4n) is 1.54. The van der Waals surface area contributed by atoms with Gasteiger partial charge in [0.25, 0.3) is 0 Å². The average Bonchev–Trinajstić information content (AvgIpc) is 2.03. The van der Waals surface area contributed by atoms with E-state index in [2.05, 4.69) is 20.8 Å². The van der Waals surface area contributed by atoms with Crippen LogP contribution in [0, 0.1) is 11.8 Å². The normalized spacial score (nSPS) is 18.3. The molecule has 0 radical (unpaired) electrons. The van der Waals surface area contributed by atoms with Gasteiger partial charge in [-0.15, -0.1) is 0 Å². The van der Waals surface area contributed by atoms with Gasteiger partial charge in [-0.05, 0) is 18.3 Å². The molecule has 0 aromatic heterocycles. The summed E-state index contributed by atoms with van der Waals surface area (Å²) in [5.74, 6) is 0.924. The van der Waals surface area contributed by atoms with Crippen LogP contribution in [-0.2, 0) is 4.46 Å². The summed E-state index contributed by atoms with van der Waals surface area (Å²) in [5, 5.41) is 0. The summed E-state index contributed by atoms with van der Waals surface area (Å²) in [6.07, 6.45) is 1.91. The van der Waals surface area contributed by atoms with E-state index in [1.54, 1.807) is 0 Å². The van der Waals surface area contributed by atoms with Crippen molar-refractivity contribution >= 4 is 8.93 Å². The maximum atomic E-state index is 11.0. The Hall–Kier alpha value is -0.183. The molecule has 0 aromatic rings. The zero-order valence-electron chi connectivity index (χ0n) is 8.50. The van der Waals surface area contributed by atoms with E-state index in [0.717, 1.165) is 12.8 Å². The van der Waals surface area contributed by atoms with E-state index in [1.807, 2.05) is 6.92 Å². The summed E-state index contributed by atoms with van der Waals surface area (Å²) >= 11 is 0. The van der Waals surface area contributed by atoms with E-state index >= 15 is 0 Å². The van der Waals surface area contributed by atoms with Crippen molar-refractivity contribution in [3.8, 4) is 0 Å². The number of hydrogen-bond acceptors (Lipinski definition) is 1. The molecule has 0 saturated heterocycles. The van der Waals surface area contributed by atoms with Gasteiger partial charge in [0.05, 0.1) is 0 Å². The molecule has 0 aliphatic rings. The van der Waals surface area contributed by atoms with Crippen molar-refractivity contribution in [1.82, 2.24) is 0 Å². The Morgan fingerprint density at radius 1 is 1.25 bits per heavy atom. The van der Waals surface area contributed by atoms with Crippen LogP contribution >= 0.6 is 0 Å². The van der Waals surface area contributed by atoms with Gasteiger partial charge in [-0.25, -0.2) is 0 Å². The third-order valence-corrected chi connectivity index (χ3v) is 4.50. The topological polar surface area (TPSA) is 37.3 Å². The fourth-order valence-corrected chi connectivity index (χ4v) is 2.67. The summed E-state index contributed by atoms with van der Waals surface area (Å²) < 4.78 is 11.0. The van der Waals surface area contributed by atoms with Crippen molar-refractivity contribution in [2.45, 2.75) is 46.1 Å². The van der Waals surface area contributed by atoms with Crippen LogP contribution in [0.15, 0.2) is 0 Å². The van der Waals surface area contributed by atoms with Gasteiger partial charge in [0.15, 0.2) is 0 Å². The van der Waals surface area contributed by atoms with Gasteiger partial charge in [-0.2, -0.15) is 0 Å². The molecule has 0 aliphatic carbocycles. The molecule has 12 heavy (non-hydrogen) atoms. The van der Waals surface area contributed by atoms with Gasteiger partial charge in [-0.1, -0.05) is 34.1 Å². The lowest BCUT2D eigenvalue weighted by Crippen LogP contribution is -2.22. The molecule has 0 fully saturated rings. The third kappa shape index (κ3) is 3.05. The predicted molar refractivity (Wildman–Crippen MR) is 51.3 cm³/mol. The van der Waals surface area contributed by atoms with E-state index in [-0.39, 0.29) is 5.54 Å². The molecule has 3 atom stereocenters.